The van der Waals surface area contributed by atoms with Gasteiger partial charge in [-0.2, -0.15) is 0 Å². The second kappa shape index (κ2) is 4.57. The molecule has 1 aliphatic rings. The molecule has 15 heavy (non-hydrogen) atoms. The number of nitrogens with one attached hydrogen (secondary N) is 1. The van der Waals surface area contributed by atoms with Gasteiger partial charge in [0.1, 0.15) is 5.82 Å². The Morgan fingerprint density at radius 1 is 1.47 bits per heavy atom. The van der Waals surface area contributed by atoms with E-state index in [4.69, 9.17) is 0 Å². The van der Waals surface area contributed by atoms with Crippen LogP contribution in [0, 0.1) is 6.92 Å². The molecule has 1 aromatic rings. The molecule has 2 heterocycles. The molecule has 0 amide bonds. The molecule has 1 N–H and O–H groups in total. The fourth-order valence-corrected chi connectivity index (χ4v) is 2.09. The number of aromatic nitrogens is 2. The first-order chi connectivity index (χ1) is 7.33. The molecule has 1 saturated heterocycles. The predicted molar refractivity (Wildman–Crippen MR) is 61.1 cm³/mol. The number of hydrogen-bond acceptors (Lipinski definition) is 4. The first-order valence-corrected chi connectivity index (χ1v) is 5.58. The van der Waals surface area contributed by atoms with Gasteiger partial charge in [0.2, 0.25) is 0 Å². The van der Waals surface area contributed by atoms with Gasteiger partial charge in [-0.05, 0) is 13.3 Å². The minimum Gasteiger partial charge on any atom is -0.350 e. The Bertz CT molecular complexity index is 326. The zero-order valence-corrected chi connectivity index (χ0v) is 9.40. The third-order valence-electron chi connectivity index (χ3n) is 2.95. The first-order valence-electron chi connectivity index (χ1n) is 5.58. The monoisotopic (exact) mass is 206 g/mol. The second-order valence-corrected chi connectivity index (χ2v) is 3.92. The standard InChI is InChI=1S/C11H18N4/c1-3-10-8-12-6-7-15(10)11-9(2)13-4-5-14-11/h4-5,10,12H,3,6-8H2,1-2H3. The Morgan fingerprint density at radius 2 is 2.27 bits per heavy atom. The van der Waals surface area contributed by atoms with Gasteiger partial charge in [0.25, 0.3) is 0 Å². The molecule has 2 rings (SSSR count). The van der Waals surface area contributed by atoms with Crippen LogP contribution in [0.15, 0.2) is 12.4 Å². The molecule has 1 aromatic heterocycles. The van der Waals surface area contributed by atoms with Crippen LogP contribution in [0.25, 0.3) is 0 Å². The van der Waals surface area contributed by atoms with Crippen LogP contribution in [0.5, 0.6) is 0 Å². The van der Waals surface area contributed by atoms with E-state index in [1.807, 2.05) is 6.92 Å². The van der Waals surface area contributed by atoms with Crippen LogP contribution in [-0.4, -0.2) is 35.6 Å². The van der Waals surface area contributed by atoms with Gasteiger partial charge in [-0.15, -0.1) is 0 Å². The van der Waals surface area contributed by atoms with Crippen molar-refractivity contribution in [3.8, 4) is 0 Å². The third kappa shape index (κ3) is 2.09. The number of piperazine rings is 1. The molecule has 82 valence electrons. The maximum Gasteiger partial charge on any atom is 0.150 e. The molecule has 1 atom stereocenters. The number of nitrogens with zero attached hydrogens (tertiary/aromatic N) is 3. The summed E-state index contributed by atoms with van der Waals surface area (Å²) in [6.45, 7) is 7.35. The molecule has 1 aliphatic heterocycles. The Labute approximate surface area is 90.7 Å². The number of hydrogen-bond donors (Lipinski definition) is 1. The van der Waals surface area contributed by atoms with E-state index < -0.39 is 0 Å². The maximum absolute atomic E-state index is 4.44. The number of rotatable bonds is 2. The lowest BCUT2D eigenvalue weighted by Gasteiger charge is -2.37. The normalized spacial score (nSPS) is 21.7. The summed E-state index contributed by atoms with van der Waals surface area (Å²) in [4.78, 5) is 11.1. The van der Waals surface area contributed by atoms with Crippen molar-refractivity contribution in [2.24, 2.45) is 0 Å². The average Bonchev–Trinajstić information content (AvgIpc) is 2.30. The quantitative estimate of drug-likeness (QED) is 0.783. The van der Waals surface area contributed by atoms with Crippen molar-refractivity contribution in [3.63, 3.8) is 0 Å². The molecule has 0 radical (unpaired) electrons. The van der Waals surface area contributed by atoms with Gasteiger partial charge < -0.3 is 10.2 Å². The van der Waals surface area contributed by atoms with Crippen molar-refractivity contribution in [2.75, 3.05) is 24.5 Å². The zero-order valence-electron chi connectivity index (χ0n) is 9.40. The summed E-state index contributed by atoms with van der Waals surface area (Å²) in [6.07, 6.45) is 4.67. The molecule has 0 aliphatic carbocycles. The van der Waals surface area contributed by atoms with E-state index in [0.29, 0.717) is 6.04 Å². The highest BCUT2D eigenvalue weighted by atomic mass is 15.3. The molecule has 4 heteroatoms. The maximum atomic E-state index is 4.44. The third-order valence-corrected chi connectivity index (χ3v) is 2.95. The van der Waals surface area contributed by atoms with Crippen LogP contribution in [0.1, 0.15) is 19.0 Å². The topological polar surface area (TPSA) is 41.0 Å². The summed E-state index contributed by atoms with van der Waals surface area (Å²) in [5, 5.41) is 3.42. The van der Waals surface area contributed by atoms with Crippen LogP contribution in [0.4, 0.5) is 5.82 Å². The highest BCUT2D eigenvalue weighted by molar-refractivity contribution is 5.44. The Kier molecular flexibility index (Phi) is 3.16. The summed E-state index contributed by atoms with van der Waals surface area (Å²) >= 11 is 0. The summed E-state index contributed by atoms with van der Waals surface area (Å²) in [5.74, 6) is 1.05. The van der Waals surface area contributed by atoms with E-state index in [9.17, 15) is 0 Å². The van der Waals surface area contributed by atoms with Crippen molar-refractivity contribution in [3.05, 3.63) is 18.1 Å². The van der Waals surface area contributed by atoms with Gasteiger partial charge >= 0.3 is 0 Å². The van der Waals surface area contributed by atoms with Gasteiger partial charge in [-0.25, -0.2) is 4.98 Å². The van der Waals surface area contributed by atoms with E-state index in [-0.39, 0.29) is 0 Å². The first kappa shape index (κ1) is 10.4. The van der Waals surface area contributed by atoms with Crippen molar-refractivity contribution in [1.82, 2.24) is 15.3 Å². The largest absolute Gasteiger partial charge is 0.350 e. The Morgan fingerprint density at radius 3 is 3.00 bits per heavy atom. The van der Waals surface area contributed by atoms with E-state index in [2.05, 4.69) is 27.1 Å². The van der Waals surface area contributed by atoms with Crippen molar-refractivity contribution in [1.29, 1.82) is 0 Å². The van der Waals surface area contributed by atoms with Crippen LogP contribution >= 0.6 is 0 Å². The van der Waals surface area contributed by atoms with Crippen LogP contribution in [-0.2, 0) is 0 Å². The minimum atomic E-state index is 0.550. The van der Waals surface area contributed by atoms with Crippen molar-refractivity contribution >= 4 is 5.82 Å². The summed E-state index contributed by atoms with van der Waals surface area (Å²) in [6, 6.07) is 0.550. The van der Waals surface area contributed by atoms with Gasteiger partial charge in [0, 0.05) is 38.1 Å². The summed E-state index contributed by atoms with van der Waals surface area (Å²) in [5.41, 5.74) is 1.03. The summed E-state index contributed by atoms with van der Waals surface area (Å²) < 4.78 is 0. The van der Waals surface area contributed by atoms with Crippen LogP contribution in [0.3, 0.4) is 0 Å². The SMILES string of the molecule is CCC1CNCCN1c1nccnc1C. The molecular weight excluding hydrogens is 188 g/mol. The summed E-state index contributed by atoms with van der Waals surface area (Å²) in [7, 11) is 0. The molecule has 0 saturated carbocycles. The Hall–Kier alpha value is -1.16. The molecule has 4 nitrogen and oxygen atoms in total. The minimum absolute atomic E-state index is 0.550. The van der Waals surface area contributed by atoms with E-state index >= 15 is 0 Å². The van der Waals surface area contributed by atoms with Gasteiger partial charge in [-0.3, -0.25) is 4.98 Å². The van der Waals surface area contributed by atoms with Crippen molar-refractivity contribution < 1.29 is 0 Å². The fraction of sp³-hybridized carbons (Fsp3) is 0.636. The second-order valence-electron chi connectivity index (χ2n) is 3.92. The molecule has 1 fully saturated rings. The van der Waals surface area contributed by atoms with E-state index in [1.54, 1.807) is 12.4 Å². The fourth-order valence-electron chi connectivity index (χ4n) is 2.09. The predicted octanol–water partition coefficient (Wildman–Crippen LogP) is 0.973. The van der Waals surface area contributed by atoms with Gasteiger partial charge in [-0.1, -0.05) is 6.92 Å². The molecule has 0 bridgehead atoms. The highest BCUT2D eigenvalue weighted by Crippen LogP contribution is 2.19. The zero-order chi connectivity index (χ0) is 10.7. The van der Waals surface area contributed by atoms with E-state index in [1.165, 1.54) is 0 Å². The lowest BCUT2D eigenvalue weighted by Crippen LogP contribution is -2.51. The smallest absolute Gasteiger partial charge is 0.150 e. The van der Waals surface area contributed by atoms with Crippen molar-refractivity contribution in [2.45, 2.75) is 26.3 Å². The van der Waals surface area contributed by atoms with Gasteiger partial charge in [0.15, 0.2) is 0 Å². The van der Waals surface area contributed by atoms with Crippen LogP contribution in [0.2, 0.25) is 0 Å². The Balaban J connectivity index is 2.24. The molecular formula is C11H18N4. The lowest BCUT2D eigenvalue weighted by molar-refractivity contribution is 0.462. The van der Waals surface area contributed by atoms with Gasteiger partial charge in [0.05, 0.1) is 5.69 Å². The van der Waals surface area contributed by atoms with E-state index in [0.717, 1.165) is 37.6 Å². The number of anilines is 1. The molecule has 0 spiro atoms. The molecule has 0 aromatic carbocycles. The average molecular weight is 206 g/mol. The highest BCUT2D eigenvalue weighted by Gasteiger charge is 2.22. The number of aryl methyl sites for hydroxylation is 1. The van der Waals surface area contributed by atoms with Crippen LogP contribution < -0.4 is 10.2 Å². The molecule has 1 unspecified atom stereocenters. The lowest BCUT2D eigenvalue weighted by atomic mass is 10.1.